The minimum Gasteiger partial charge on any atom is -0.432 e. The quantitative estimate of drug-likeness (QED) is 0.588. The normalized spacial score (nSPS) is 12.1. The number of ether oxygens (including phenoxy) is 1. The average Bonchev–Trinajstić information content (AvgIpc) is 2.19. The minimum absolute atomic E-state index is 0.461. The number of benzene rings is 1. The Morgan fingerprint density at radius 1 is 1.43 bits per heavy atom. The molecule has 0 aliphatic heterocycles. The lowest BCUT2D eigenvalue weighted by molar-refractivity contribution is -0.0685. The second-order valence-electron chi connectivity index (χ2n) is 3.01. The van der Waals surface area contributed by atoms with E-state index in [2.05, 4.69) is 0 Å². The largest absolute Gasteiger partial charge is 0.432 e. The Morgan fingerprint density at radius 3 is 2.64 bits per heavy atom. The van der Waals surface area contributed by atoms with Crippen LogP contribution >= 0.6 is 0 Å². The first-order chi connectivity index (χ1) is 6.74. The van der Waals surface area contributed by atoms with Crippen LogP contribution in [-0.4, -0.2) is 17.4 Å². The second kappa shape index (κ2) is 5.40. The SMILES string of the molecule is CCCC(O)OC(=O)c1ccccc1. The number of rotatable bonds is 4. The molecule has 0 amide bonds. The van der Waals surface area contributed by atoms with Crippen LogP contribution in [0.25, 0.3) is 0 Å². The van der Waals surface area contributed by atoms with Crippen molar-refractivity contribution in [2.45, 2.75) is 26.1 Å². The highest BCUT2D eigenvalue weighted by Gasteiger charge is 2.11. The van der Waals surface area contributed by atoms with Crippen molar-refractivity contribution in [2.24, 2.45) is 0 Å². The predicted molar refractivity (Wildman–Crippen MR) is 52.8 cm³/mol. The highest BCUT2D eigenvalue weighted by molar-refractivity contribution is 5.89. The van der Waals surface area contributed by atoms with E-state index in [1.54, 1.807) is 24.3 Å². The van der Waals surface area contributed by atoms with Crippen molar-refractivity contribution in [3.05, 3.63) is 35.9 Å². The van der Waals surface area contributed by atoms with Crippen molar-refractivity contribution >= 4 is 5.97 Å². The number of carbonyl (C=O) groups excluding carboxylic acids is 1. The van der Waals surface area contributed by atoms with E-state index in [9.17, 15) is 9.90 Å². The summed E-state index contributed by atoms with van der Waals surface area (Å²) in [6, 6.07) is 8.63. The van der Waals surface area contributed by atoms with Gasteiger partial charge in [0.25, 0.3) is 0 Å². The lowest BCUT2D eigenvalue weighted by atomic mass is 10.2. The van der Waals surface area contributed by atoms with E-state index in [0.717, 1.165) is 6.42 Å². The number of carbonyl (C=O) groups is 1. The monoisotopic (exact) mass is 194 g/mol. The van der Waals surface area contributed by atoms with Gasteiger partial charge in [-0.25, -0.2) is 4.79 Å². The molecule has 76 valence electrons. The maximum Gasteiger partial charge on any atom is 0.340 e. The van der Waals surface area contributed by atoms with Crippen LogP contribution in [0.1, 0.15) is 30.1 Å². The summed E-state index contributed by atoms with van der Waals surface area (Å²) >= 11 is 0. The average molecular weight is 194 g/mol. The molecule has 0 aliphatic carbocycles. The summed E-state index contributed by atoms with van der Waals surface area (Å²) in [7, 11) is 0. The summed E-state index contributed by atoms with van der Waals surface area (Å²) in [5.74, 6) is -0.480. The van der Waals surface area contributed by atoms with Crippen molar-refractivity contribution in [2.75, 3.05) is 0 Å². The van der Waals surface area contributed by atoms with Crippen molar-refractivity contribution in [3.8, 4) is 0 Å². The van der Waals surface area contributed by atoms with Crippen LogP contribution in [0.5, 0.6) is 0 Å². The Kier molecular flexibility index (Phi) is 4.13. The van der Waals surface area contributed by atoms with Crippen LogP contribution in [0, 0.1) is 0 Å². The molecule has 0 saturated carbocycles. The van der Waals surface area contributed by atoms with Crippen molar-refractivity contribution in [1.29, 1.82) is 0 Å². The van der Waals surface area contributed by atoms with Gasteiger partial charge in [-0.2, -0.15) is 0 Å². The van der Waals surface area contributed by atoms with E-state index in [-0.39, 0.29) is 0 Å². The van der Waals surface area contributed by atoms with E-state index >= 15 is 0 Å². The molecule has 14 heavy (non-hydrogen) atoms. The van der Waals surface area contributed by atoms with Gasteiger partial charge < -0.3 is 9.84 Å². The molecule has 1 aromatic rings. The third-order valence-electron chi connectivity index (χ3n) is 1.79. The third-order valence-corrected chi connectivity index (χ3v) is 1.79. The van der Waals surface area contributed by atoms with Crippen LogP contribution in [-0.2, 0) is 4.74 Å². The number of aliphatic hydroxyl groups excluding tert-OH is 1. The van der Waals surface area contributed by atoms with Gasteiger partial charge in [0.1, 0.15) is 0 Å². The third kappa shape index (κ3) is 3.18. The fourth-order valence-corrected chi connectivity index (χ4v) is 1.07. The molecule has 0 heterocycles. The van der Waals surface area contributed by atoms with E-state index in [1.165, 1.54) is 0 Å². The maximum absolute atomic E-state index is 11.3. The zero-order valence-corrected chi connectivity index (χ0v) is 8.14. The summed E-state index contributed by atoms with van der Waals surface area (Å²) in [5, 5.41) is 9.24. The minimum atomic E-state index is -0.993. The zero-order chi connectivity index (χ0) is 10.4. The van der Waals surface area contributed by atoms with Crippen LogP contribution in [0.15, 0.2) is 30.3 Å². The van der Waals surface area contributed by atoms with Gasteiger partial charge in [-0.05, 0) is 12.1 Å². The molecule has 1 atom stereocenters. The molecular formula is C11H14O3. The van der Waals surface area contributed by atoms with Gasteiger partial charge in [-0.15, -0.1) is 0 Å². The van der Waals surface area contributed by atoms with Gasteiger partial charge in [0, 0.05) is 6.42 Å². The molecule has 0 aliphatic rings. The summed E-state index contributed by atoms with van der Waals surface area (Å²) in [5.41, 5.74) is 0.461. The first kappa shape index (κ1) is 10.7. The van der Waals surface area contributed by atoms with Gasteiger partial charge >= 0.3 is 5.97 Å². The Labute approximate surface area is 83.3 Å². The van der Waals surface area contributed by atoms with Crippen molar-refractivity contribution in [1.82, 2.24) is 0 Å². The summed E-state index contributed by atoms with van der Waals surface area (Å²) in [6.07, 6.45) is 0.259. The van der Waals surface area contributed by atoms with Crippen molar-refractivity contribution < 1.29 is 14.6 Å². The first-order valence-electron chi connectivity index (χ1n) is 4.68. The molecule has 1 rings (SSSR count). The van der Waals surface area contributed by atoms with Gasteiger partial charge in [0.05, 0.1) is 5.56 Å². The molecule has 0 fully saturated rings. The molecule has 1 aromatic carbocycles. The molecule has 0 radical (unpaired) electrons. The molecule has 0 saturated heterocycles. The van der Waals surface area contributed by atoms with Gasteiger partial charge in [0.15, 0.2) is 0 Å². The molecule has 1 N–H and O–H groups in total. The van der Waals surface area contributed by atoms with Crippen LogP contribution < -0.4 is 0 Å². The Hall–Kier alpha value is -1.35. The van der Waals surface area contributed by atoms with E-state index in [0.29, 0.717) is 12.0 Å². The Morgan fingerprint density at radius 2 is 2.07 bits per heavy atom. The number of esters is 1. The first-order valence-corrected chi connectivity index (χ1v) is 4.68. The lowest BCUT2D eigenvalue weighted by Crippen LogP contribution is -2.17. The van der Waals surface area contributed by atoms with E-state index in [1.807, 2.05) is 13.0 Å². The highest BCUT2D eigenvalue weighted by atomic mass is 16.6. The van der Waals surface area contributed by atoms with Crippen molar-refractivity contribution in [3.63, 3.8) is 0 Å². The smallest absolute Gasteiger partial charge is 0.340 e. The predicted octanol–water partition coefficient (Wildman–Crippen LogP) is 1.96. The fourth-order valence-electron chi connectivity index (χ4n) is 1.07. The van der Waals surface area contributed by atoms with Gasteiger partial charge in [-0.3, -0.25) is 0 Å². The van der Waals surface area contributed by atoms with Crippen LogP contribution in [0.4, 0.5) is 0 Å². The zero-order valence-electron chi connectivity index (χ0n) is 8.14. The topological polar surface area (TPSA) is 46.5 Å². The molecule has 3 nitrogen and oxygen atoms in total. The standard InChI is InChI=1S/C11H14O3/c1-2-6-10(12)14-11(13)9-7-4-3-5-8-9/h3-5,7-8,10,12H,2,6H2,1H3. The summed E-state index contributed by atoms with van der Waals surface area (Å²) in [4.78, 5) is 11.3. The highest BCUT2D eigenvalue weighted by Crippen LogP contribution is 2.05. The van der Waals surface area contributed by atoms with Crippen LogP contribution in [0.2, 0.25) is 0 Å². The fraction of sp³-hybridized carbons (Fsp3) is 0.364. The molecule has 0 bridgehead atoms. The molecule has 0 aromatic heterocycles. The second-order valence-corrected chi connectivity index (χ2v) is 3.01. The number of hydrogen-bond donors (Lipinski definition) is 1. The molecule has 0 spiro atoms. The lowest BCUT2D eigenvalue weighted by Gasteiger charge is -2.10. The Bertz CT molecular complexity index is 282. The summed E-state index contributed by atoms with van der Waals surface area (Å²) in [6.45, 7) is 1.92. The van der Waals surface area contributed by atoms with Gasteiger partial charge in [-0.1, -0.05) is 31.5 Å². The number of hydrogen-bond acceptors (Lipinski definition) is 3. The Balaban J connectivity index is 2.51. The van der Waals surface area contributed by atoms with E-state index < -0.39 is 12.3 Å². The summed E-state index contributed by atoms with van der Waals surface area (Å²) < 4.78 is 4.79. The molecule has 3 heteroatoms. The van der Waals surface area contributed by atoms with Gasteiger partial charge in [0.2, 0.25) is 6.29 Å². The number of aliphatic hydroxyl groups is 1. The van der Waals surface area contributed by atoms with Crippen LogP contribution in [0.3, 0.4) is 0 Å². The molecule has 1 unspecified atom stereocenters. The maximum atomic E-state index is 11.3. The van der Waals surface area contributed by atoms with E-state index in [4.69, 9.17) is 4.74 Å². The molecular weight excluding hydrogens is 180 g/mol.